The molecule has 0 radical (unpaired) electrons. The second-order valence-corrected chi connectivity index (χ2v) is 11.3. The molecule has 0 aromatic carbocycles. The number of carbonyl (C=O) groups is 2. The topological polar surface area (TPSA) is 105 Å². The minimum atomic E-state index is -0.737. The normalized spacial score (nSPS) is 30.8. The minimum Gasteiger partial charge on any atom is -0.477 e. The zero-order valence-electron chi connectivity index (χ0n) is 20.4. The summed E-state index contributed by atoms with van der Waals surface area (Å²) in [6.45, 7) is 8.17. The molecular formula is C25H38N4O4. The van der Waals surface area contributed by atoms with Gasteiger partial charge in [0.2, 0.25) is 11.8 Å². The highest BCUT2D eigenvalue weighted by atomic mass is 16.5. The van der Waals surface area contributed by atoms with Gasteiger partial charge in [0.1, 0.15) is 5.56 Å². The molecule has 4 bridgehead atoms. The van der Waals surface area contributed by atoms with Crippen molar-refractivity contribution >= 4 is 18.0 Å². The first-order valence-electron chi connectivity index (χ1n) is 12.2. The molecule has 5 rings (SSSR count). The van der Waals surface area contributed by atoms with Gasteiger partial charge in [-0.15, -0.1) is 0 Å². The van der Waals surface area contributed by atoms with E-state index in [2.05, 4.69) is 15.7 Å². The molecule has 4 aliphatic rings. The first-order valence-corrected chi connectivity index (χ1v) is 12.2. The van der Waals surface area contributed by atoms with Crippen molar-refractivity contribution in [3.63, 3.8) is 0 Å². The summed E-state index contributed by atoms with van der Waals surface area (Å²) in [5, 5.41) is 21.1. The predicted octanol–water partition coefficient (Wildman–Crippen LogP) is 2.83. The van der Waals surface area contributed by atoms with Gasteiger partial charge in [0.15, 0.2) is 0 Å². The lowest BCUT2D eigenvalue weighted by Gasteiger charge is -2.58. The SMILES string of the molecule is CNC(=O)C(C)(C)/C=C/n1ncc(C(=O)NC2C3CC4CC2CC(O)(C4)C3)c1OCC(C)C. The van der Waals surface area contributed by atoms with Crippen LogP contribution in [0.15, 0.2) is 12.3 Å². The number of ether oxygens (including phenoxy) is 1. The van der Waals surface area contributed by atoms with Crippen LogP contribution >= 0.6 is 0 Å². The van der Waals surface area contributed by atoms with Crippen LogP contribution in [0.4, 0.5) is 0 Å². The number of aromatic nitrogens is 2. The summed E-state index contributed by atoms with van der Waals surface area (Å²) in [6, 6.07) is 0.0818. The molecule has 8 nitrogen and oxygen atoms in total. The molecule has 33 heavy (non-hydrogen) atoms. The molecule has 2 unspecified atom stereocenters. The zero-order valence-corrected chi connectivity index (χ0v) is 20.4. The summed E-state index contributed by atoms with van der Waals surface area (Å²) < 4.78 is 7.54. The van der Waals surface area contributed by atoms with Crippen LogP contribution in [0.3, 0.4) is 0 Å². The zero-order chi connectivity index (χ0) is 24.0. The van der Waals surface area contributed by atoms with Crippen LogP contribution < -0.4 is 15.4 Å². The molecule has 182 valence electrons. The maximum atomic E-state index is 13.4. The number of hydrogen-bond donors (Lipinski definition) is 3. The second-order valence-electron chi connectivity index (χ2n) is 11.3. The maximum Gasteiger partial charge on any atom is 0.258 e. The van der Waals surface area contributed by atoms with Crippen LogP contribution in [-0.2, 0) is 4.79 Å². The lowest BCUT2D eigenvalue weighted by atomic mass is 9.52. The summed E-state index contributed by atoms with van der Waals surface area (Å²) >= 11 is 0. The third-order valence-electron chi connectivity index (χ3n) is 7.53. The molecule has 2 atom stereocenters. The molecular weight excluding hydrogens is 420 g/mol. The van der Waals surface area contributed by atoms with Gasteiger partial charge in [0.25, 0.3) is 5.91 Å². The van der Waals surface area contributed by atoms with Gasteiger partial charge in [-0.3, -0.25) is 9.59 Å². The van der Waals surface area contributed by atoms with Gasteiger partial charge in [0, 0.05) is 19.3 Å². The Morgan fingerprint density at radius 2 is 1.97 bits per heavy atom. The molecule has 0 aliphatic heterocycles. The summed E-state index contributed by atoms with van der Waals surface area (Å²) in [5.74, 6) is 1.60. The third-order valence-corrected chi connectivity index (χ3v) is 7.53. The Morgan fingerprint density at radius 1 is 1.30 bits per heavy atom. The van der Waals surface area contributed by atoms with Crippen molar-refractivity contribution in [2.24, 2.45) is 29.1 Å². The van der Waals surface area contributed by atoms with Gasteiger partial charge in [-0.2, -0.15) is 5.10 Å². The molecule has 0 spiro atoms. The van der Waals surface area contributed by atoms with Crippen LogP contribution in [0, 0.1) is 29.1 Å². The molecule has 4 saturated carbocycles. The Hall–Kier alpha value is -2.35. The van der Waals surface area contributed by atoms with E-state index in [0.717, 1.165) is 32.1 Å². The highest BCUT2D eigenvalue weighted by Gasteiger charge is 2.55. The van der Waals surface area contributed by atoms with Gasteiger partial charge in [-0.25, -0.2) is 4.68 Å². The van der Waals surface area contributed by atoms with Crippen LogP contribution in [-0.4, -0.2) is 52.0 Å². The van der Waals surface area contributed by atoms with Crippen LogP contribution in [0.5, 0.6) is 5.88 Å². The fourth-order valence-electron chi connectivity index (χ4n) is 6.10. The molecule has 1 heterocycles. The first kappa shape index (κ1) is 23.8. The van der Waals surface area contributed by atoms with Gasteiger partial charge < -0.3 is 20.5 Å². The van der Waals surface area contributed by atoms with Crippen LogP contribution in [0.2, 0.25) is 0 Å². The number of aliphatic hydroxyl groups is 1. The Labute approximate surface area is 196 Å². The monoisotopic (exact) mass is 458 g/mol. The van der Waals surface area contributed by atoms with Crippen molar-refractivity contribution in [3.8, 4) is 5.88 Å². The molecule has 8 heteroatoms. The van der Waals surface area contributed by atoms with E-state index in [0.29, 0.717) is 35.8 Å². The largest absolute Gasteiger partial charge is 0.477 e. The molecule has 0 saturated heterocycles. The van der Waals surface area contributed by atoms with E-state index in [1.54, 1.807) is 19.3 Å². The van der Waals surface area contributed by atoms with Crippen molar-refractivity contribution in [1.29, 1.82) is 0 Å². The summed E-state index contributed by atoms with van der Waals surface area (Å²) in [6.07, 6.45) is 9.59. The molecule has 2 amide bonds. The molecule has 3 N–H and O–H groups in total. The summed E-state index contributed by atoms with van der Waals surface area (Å²) in [5.41, 5.74) is -0.874. The quantitative estimate of drug-likeness (QED) is 0.556. The first-order chi connectivity index (χ1) is 15.5. The van der Waals surface area contributed by atoms with E-state index < -0.39 is 11.0 Å². The van der Waals surface area contributed by atoms with Crippen molar-refractivity contribution < 1.29 is 19.4 Å². The molecule has 1 aromatic heterocycles. The maximum absolute atomic E-state index is 13.4. The summed E-state index contributed by atoms with van der Waals surface area (Å²) in [7, 11) is 1.61. The number of carbonyl (C=O) groups excluding carboxylic acids is 2. The van der Waals surface area contributed by atoms with Crippen molar-refractivity contribution in [3.05, 3.63) is 17.8 Å². The number of amides is 2. The van der Waals surface area contributed by atoms with Crippen LogP contribution in [0.1, 0.15) is 70.2 Å². The van der Waals surface area contributed by atoms with Crippen molar-refractivity contribution in [2.45, 2.75) is 71.4 Å². The fourth-order valence-corrected chi connectivity index (χ4v) is 6.10. The van der Waals surface area contributed by atoms with Crippen LogP contribution in [0.25, 0.3) is 6.20 Å². The molecule has 4 fully saturated rings. The van der Waals surface area contributed by atoms with Gasteiger partial charge in [-0.05, 0) is 69.6 Å². The molecule has 1 aromatic rings. The number of nitrogens with one attached hydrogen (secondary N) is 2. The lowest BCUT2D eigenvalue weighted by molar-refractivity contribution is -0.137. The Kier molecular flexibility index (Phi) is 6.33. The van der Waals surface area contributed by atoms with Gasteiger partial charge in [0.05, 0.1) is 23.8 Å². The van der Waals surface area contributed by atoms with Gasteiger partial charge >= 0.3 is 0 Å². The fraction of sp³-hybridized carbons (Fsp3) is 0.720. The van der Waals surface area contributed by atoms with Gasteiger partial charge in [-0.1, -0.05) is 19.9 Å². The predicted molar refractivity (Wildman–Crippen MR) is 125 cm³/mol. The second kappa shape index (κ2) is 8.78. The van der Waals surface area contributed by atoms with E-state index in [4.69, 9.17) is 4.74 Å². The van der Waals surface area contributed by atoms with E-state index in [1.807, 2.05) is 27.7 Å². The van der Waals surface area contributed by atoms with E-state index in [-0.39, 0.29) is 23.8 Å². The van der Waals surface area contributed by atoms with E-state index >= 15 is 0 Å². The standard InChI is InChI=1S/C25H38N4O4/c1-15(2)14-33-22-19(13-27-29(22)7-6-24(3,4)23(31)26-5)21(30)28-20-17-8-16-9-18(20)12-25(32,10-16)11-17/h6-7,13,15-18,20,32H,8-12,14H2,1-5H3,(H,26,31)(H,28,30)/b7-6+. The average Bonchev–Trinajstić information content (AvgIpc) is 3.14. The smallest absolute Gasteiger partial charge is 0.258 e. The number of nitrogens with zero attached hydrogens (tertiary/aromatic N) is 2. The Balaban J connectivity index is 1.54. The highest BCUT2D eigenvalue weighted by Crippen LogP contribution is 2.55. The average molecular weight is 459 g/mol. The Morgan fingerprint density at radius 3 is 2.55 bits per heavy atom. The molecule has 4 aliphatic carbocycles. The van der Waals surface area contributed by atoms with E-state index in [9.17, 15) is 14.7 Å². The third kappa shape index (κ3) is 4.81. The summed E-state index contributed by atoms with van der Waals surface area (Å²) in [4.78, 5) is 25.5. The van der Waals surface area contributed by atoms with Crippen molar-refractivity contribution in [1.82, 2.24) is 20.4 Å². The van der Waals surface area contributed by atoms with Crippen molar-refractivity contribution in [2.75, 3.05) is 13.7 Å². The van der Waals surface area contributed by atoms with E-state index in [1.165, 1.54) is 10.9 Å². The highest BCUT2D eigenvalue weighted by molar-refractivity contribution is 5.96. The number of rotatable bonds is 8. The Bertz CT molecular complexity index is 919. The minimum absolute atomic E-state index is 0.0818. The number of hydrogen-bond acceptors (Lipinski definition) is 5. The lowest BCUT2D eigenvalue weighted by Crippen LogP contribution is -2.61.